The van der Waals surface area contributed by atoms with Crippen LogP contribution in [-0.4, -0.2) is 66.6 Å². The molecular weight excluding hydrogens is 482 g/mol. The SMILES string of the molecule is c1ccc(Cn2cnnc2C(CCCCc2ccc(Cn3cccn3)cc2)N2CCN(C3CCC3)CC2)cc1. The van der Waals surface area contributed by atoms with Crippen LogP contribution in [0.2, 0.25) is 0 Å². The number of rotatable bonds is 12. The van der Waals surface area contributed by atoms with E-state index in [-0.39, 0.29) is 0 Å². The Morgan fingerprint density at radius 3 is 2.28 bits per heavy atom. The summed E-state index contributed by atoms with van der Waals surface area (Å²) in [6.07, 6.45) is 14.5. The molecule has 0 radical (unpaired) electrons. The molecule has 2 aromatic heterocycles. The van der Waals surface area contributed by atoms with Crippen LogP contribution < -0.4 is 0 Å². The van der Waals surface area contributed by atoms with Crippen LogP contribution in [-0.2, 0) is 19.5 Å². The summed E-state index contributed by atoms with van der Waals surface area (Å²) in [5, 5.41) is 13.4. The first-order chi connectivity index (χ1) is 19.3. The van der Waals surface area contributed by atoms with Gasteiger partial charge in [0.2, 0.25) is 0 Å². The van der Waals surface area contributed by atoms with E-state index in [1.54, 1.807) is 0 Å². The molecule has 7 nitrogen and oxygen atoms in total. The molecule has 0 amide bonds. The predicted octanol–water partition coefficient (Wildman–Crippen LogP) is 5.20. The van der Waals surface area contributed by atoms with Crippen molar-refractivity contribution in [1.82, 2.24) is 34.3 Å². The topological polar surface area (TPSA) is 55.0 Å². The van der Waals surface area contributed by atoms with Gasteiger partial charge in [0, 0.05) is 44.6 Å². The highest BCUT2D eigenvalue weighted by molar-refractivity contribution is 5.23. The van der Waals surface area contributed by atoms with E-state index < -0.39 is 0 Å². The van der Waals surface area contributed by atoms with Gasteiger partial charge in [0.15, 0.2) is 5.82 Å². The Balaban J connectivity index is 1.08. The van der Waals surface area contributed by atoms with Gasteiger partial charge in [-0.05, 0) is 54.9 Å². The van der Waals surface area contributed by atoms with Gasteiger partial charge in [-0.3, -0.25) is 14.5 Å². The Kier molecular flexibility index (Phi) is 8.46. The van der Waals surface area contributed by atoms with E-state index in [9.17, 15) is 0 Å². The molecule has 1 unspecified atom stereocenters. The summed E-state index contributed by atoms with van der Waals surface area (Å²) in [4.78, 5) is 5.41. The molecular formula is C32H41N7. The zero-order chi connectivity index (χ0) is 26.3. The lowest BCUT2D eigenvalue weighted by Crippen LogP contribution is -2.53. The summed E-state index contributed by atoms with van der Waals surface area (Å²) >= 11 is 0. The molecule has 39 heavy (non-hydrogen) atoms. The number of nitrogens with zero attached hydrogens (tertiary/aromatic N) is 7. The molecule has 1 saturated carbocycles. The number of aryl methyl sites for hydroxylation is 1. The van der Waals surface area contributed by atoms with Crippen molar-refractivity contribution >= 4 is 0 Å². The molecule has 0 spiro atoms. The zero-order valence-corrected chi connectivity index (χ0v) is 23.0. The van der Waals surface area contributed by atoms with Crippen LogP contribution in [0, 0.1) is 0 Å². The summed E-state index contributed by atoms with van der Waals surface area (Å²) in [5.41, 5.74) is 4.00. The summed E-state index contributed by atoms with van der Waals surface area (Å²) < 4.78 is 4.24. The van der Waals surface area contributed by atoms with Crippen molar-refractivity contribution < 1.29 is 0 Å². The number of aromatic nitrogens is 5. The number of piperazine rings is 1. The molecule has 0 bridgehead atoms. The molecule has 204 valence electrons. The molecule has 1 atom stereocenters. The van der Waals surface area contributed by atoms with Crippen molar-refractivity contribution in [2.45, 2.75) is 70.1 Å². The predicted molar refractivity (Wildman–Crippen MR) is 154 cm³/mol. The summed E-state index contributed by atoms with van der Waals surface area (Å²) in [7, 11) is 0. The first-order valence-electron chi connectivity index (χ1n) is 14.8. The van der Waals surface area contributed by atoms with E-state index in [0.717, 1.165) is 50.9 Å². The van der Waals surface area contributed by atoms with Crippen LogP contribution in [0.25, 0.3) is 0 Å². The molecule has 6 rings (SSSR count). The minimum Gasteiger partial charge on any atom is -0.312 e. The third-order valence-electron chi connectivity index (χ3n) is 8.64. The highest BCUT2D eigenvalue weighted by Crippen LogP contribution is 2.30. The van der Waals surface area contributed by atoms with Gasteiger partial charge < -0.3 is 4.57 Å². The van der Waals surface area contributed by atoms with Crippen molar-refractivity contribution in [2.75, 3.05) is 26.2 Å². The second-order valence-electron chi connectivity index (χ2n) is 11.2. The first-order valence-corrected chi connectivity index (χ1v) is 14.8. The van der Waals surface area contributed by atoms with Gasteiger partial charge in [-0.2, -0.15) is 5.10 Å². The minimum atomic E-state index is 0.316. The van der Waals surface area contributed by atoms with Crippen molar-refractivity contribution in [3.05, 3.63) is 102 Å². The fourth-order valence-electron chi connectivity index (χ4n) is 6.12. The van der Waals surface area contributed by atoms with Crippen molar-refractivity contribution in [1.29, 1.82) is 0 Å². The van der Waals surface area contributed by atoms with E-state index in [1.807, 2.05) is 29.5 Å². The average Bonchev–Trinajstić information content (AvgIpc) is 3.62. The molecule has 0 N–H and O–H groups in total. The maximum absolute atomic E-state index is 4.70. The van der Waals surface area contributed by atoms with Crippen LogP contribution in [0.1, 0.15) is 67.1 Å². The Labute approximate surface area is 232 Å². The molecule has 3 heterocycles. The van der Waals surface area contributed by atoms with Gasteiger partial charge in [0.05, 0.1) is 19.1 Å². The van der Waals surface area contributed by atoms with Crippen LogP contribution in [0.15, 0.2) is 79.4 Å². The quantitative estimate of drug-likeness (QED) is 0.239. The van der Waals surface area contributed by atoms with E-state index in [0.29, 0.717) is 6.04 Å². The highest BCUT2D eigenvalue weighted by Gasteiger charge is 2.32. The van der Waals surface area contributed by atoms with Crippen molar-refractivity contribution in [3.8, 4) is 0 Å². The Morgan fingerprint density at radius 1 is 0.795 bits per heavy atom. The van der Waals surface area contributed by atoms with Gasteiger partial charge in [0.1, 0.15) is 6.33 Å². The average molecular weight is 524 g/mol. The second-order valence-corrected chi connectivity index (χ2v) is 11.2. The molecule has 2 fully saturated rings. The summed E-state index contributed by atoms with van der Waals surface area (Å²) in [6.45, 7) is 6.26. The normalized spacial score (nSPS) is 17.7. The van der Waals surface area contributed by atoms with Gasteiger partial charge in [-0.15, -0.1) is 10.2 Å². The van der Waals surface area contributed by atoms with Crippen molar-refractivity contribution in [3.63, 3.8) is 0 Å². The standard InChI is InChI=1S/C32H41N7/c1-2-9-28(10-3-1)24-38-26-33-35-32(38)31(37-22-20-36(21-23-37)30-11-6-12-30)13-5-4-8-27-14-16-29(17-15-27)25-39-19-7-18-34-39/h1-3,7,9-10,14-19,26,30-31H,4-6,8,11-13,20-25H2. The number of unbranched alkanes of at least 4 members (excludes halogenated alkanes) is 1. The van der Waals surface area contributed by atoms with Crippen molar-refractivity contribution in [2.24, 2.45) is 0 Å². The maximum atomic E-state index is 4.70. The van der Waals surface area contributed by atoms with Gasteiger partial charge in [-0.25, -0.2) is 0 Å². The monoisotopic (exact) mass is 523 g/mol. The summed E-state index contributed by atoms with van der Waals surface area (Å²) in [6, 6.07) is 22.9. The number of benzene rings is 2. The second kappa shape index (κ2) is 12.7. The maximum Gasteiger partial charge on any atom is 0.150 e. The fourth-order valence-corrected chi connectivity index (χ4v) is 6.12. The fraction of sp³-hybridized carbons (Fsp3) is 0.469. The number of hydrogen-bond acceptors (Lipinski definition) is 5. The highest BCUT2D eigenvalue weighted by atomic mass is 15.3. The first kappa shape index (κ1) is 26.0. The van der Waals surface area contributed by atoms with Crippen LogP contribution in [0.5, 0.6) is 0 Å². The Hall–Kier alpha value is -3.29. The van der Waals surface area contributed by atoms with E-state index in [4.69, 9.17) is 5.10 Å². The Morgan fingerprint density at radius 2 is 1.56 bits per heavy atom. The van der Waals surface area contributed by atoms with E-state index >= 15 is 0 Å². The van der Waals surface area contributed by atoms with E-state index in [1.165, 1.54) is 61.9 Å². The van der Waals surface area contributed by atoms with Gasteiger partial charge in [0.25, 0.3) is 0 Å². The molecule has 4 aromatic rings. The third kappa shape index (κ3) is 6.65. The smallest absolute Gasteiger partial charge is 0.150 e. The molecule has 1 saturated heterocycles. The zero-order valence-electron chi connectivity index (χ0n) is 23.0. The van der Waals surface area contributed by atoms with Gasteiger partial charge >= 0.3 is 0 Å². The lowest BCUT2D eigenvalue weighted by molar-refractivity contribution is 0.0371. The molecule has 1 aliphatic carbocycles. The van der Waals surface area contributed by atoms with Crippen LogP contribution in [0.4, 0.5) is 0 Å². The summed E-state index contributed by atoms with van der Waals surface area (Å²) in [5.74, 6) is 1.12. The third-order valence-corrected chi connectivity index (χ3v) is 8.64. The largest absolute Gasteiger partial charge is 0.312 e. The lowest BCUT2D eigenvalue weighted by atomic mass is 9.91. The minimum absolute atomic E-state index is 0.316. The molecule has 1 aliphatic heterocycles. The number of hydrogen-bond donors (Lipinski definition) is 0. The van der Waals surface area contributed by atoms with Crippen LogP contribution >= 0.6 is 0 Å². The molecule has 7 heteroatoms. The molecule has 2 aromatic carbocycles. The lowest BCUT2D eigenvalue weighted by Gasteiger charge is -2.44. The van der Waals surface area contributed by atoms with Gasteiger partial charge in [-0.1, -0.05) is 67.4 Å². The van der Waals surface area contributed by atoms with E-state index in [2.05, 4.69) is 79.2 Å². The molecule has 2 aliphatic rings. The Bertz CT molecular complexity index is 1250. The van der Waals surface area contributed by atoms with Crippen LogP contribution in [0.3, 0.4) is 0 Å².